The third-order valence-electron chi connectivity index (χ3n) is 2.84. The Hall–Kier alpha value is -2.63. The topological polar surface area (TPSA) is 81.5 Å². The van der Waals surface area contributed by atoms with Gasteiger partial charge in [-0.2, -0.15) is 0 Å². The van der Waals surface area contributed by atoms with Crippen molar-refractivity contribution in [3.8, 4) is 17.4 Å². The second-order valence-corrected chi connectivity index (χ2v) is 4.37. The minimum atomic E-state index is -1.09. The maximum Gasteiger partial charge on any atom is 0.339 e. The van der Waals surface area contributed by atoms with Gasteiger partial charge in [0.2, 0.25) is 5.88 Å². The Kier molecular flexibility index (Phi) is 4.71. The zero-order valence-corrected chi connectivity index (χ0v) is 11.9. The molecule has 0 spiro atoms. The molecule has 110 valence electrons. The van der Waals surface area contributed by atoms with Gasteiger partial charge in [0, 0.05) is 11.8 Å². The first-order chi connectivity index (χ1) is 10.1. The zero-order valence-electron chi connectivity index (χ0n) is 11.9. The first-order valence-electron chi connectivity index (χ1n) is 6.54. The molecule has 1 heterocycles. The van der Waals surface area contributed by atoms with Crippen molar-refractivity contribution in [2.75, 3.05) is 7.11 Å². The Morgan fingerprint density at radius 2 is 2.10 bits per heavy atom. The quantitative estimate of drug-likeness (QED) is 0.880. The summed E-state index contributed by atoms with van der Waals surface area (Å²) in [6, 6.07) is 6.30. The number of aryl methyl sites for hydroxylation is 1. The van der Waals surface area contributed by atoms with Crippen LogP contribution in [0.4, 0.5) is 0 Å². The number of ether oxygens (including phenoxy) is 2. The van der Waals surface area contributed by atoms with Crippen LogP contribution in [0.3, 0.4) is 0 Å². The second-order valence-electron chi connectivity index (χ2n) is 4.37. The van der Waals surface area contributed by atoms with Crippen LogP contribution in [0.25, 0.3) is 0 Å². The first kappa shape index (κ1) is 14.8. The highest BCUT2D eigenvalue weighted by atomic mass is 16.5. The minimum Gasteiger partial charge on any atom is -0.497 e. The summed E-state index contributed by atoms with van der Waals surface area (Å²) in [5, 5.41) is 9.23. The lowest BCUT2D eigenvalue weighted by Gasteiger charge is -2.10. The normalized spacial score (nSPS) is 10.2. The largest absolute Gasteiger partial charge is 0.497 e. The standard InChI is InChI=1S/C15H16N2O4/c1-3-4-10-7-14(17-9-16-10)21-13-6-5-11(20-2)8-12(13)15(18)19/h5-9H,3-4H2,1-2H3,(H,18,19). The van der Waals surface area contributed by atoms with Crippen molar-refractivity contribution in [2.45, 2.75) is 19.8 Å². The molecule has 2 aromatic rings. The summed E-state index contributed by atoms with van der Waals surface area (Å²) >= 11 is 0. The number of methoxy groups -OCH3 is 1. The van der Waals surface area contributed by atoms with E-state index in [1.54, 1.807) is 18.2 Å². The number of hydrogen-bond acceptors (Lipinski definition) is 5. The predicted octanol–water partition coefficient (Wildman–Crippen LogP) is 2.93. The molecule has 6 heteroatoms. The summed E-state index contributed by atoms with van der Waals surface area (Å²) in [7, 11) is 1.48. The van der Waals surface area contributed by atoms with Gasteiger partial charge in [-0.3, -0.25) is 0 Å². The van der Waals surface area contributed by atoms with Gasteiger partial charge in [0.1, 0.15) is 23.4 Å². The highest BCUT2D eigenvalue weighted by Gasteiger charge is 2.14. The molecular formula is C15H16N2O4. The van der Waals surface area contributed by atoms with Crippen LogP contribution in [0.1, 0.15) is 29.4 Å². The van der Waals surface area contributed by atoms with Gasteiger partial charge in [0.25, 0.3) is 0 Å². The van der Waals surface area contributed by atoms with Crippen LogP contribution < -0.4 is 9.47 Å². The van der Waals surface area contributed by atoms with E-state index in [-0.39, 0.29) is 11.3 Å². The van der Waals surface area contributed by atoms with Gasteiger partial charge < -0.3 is 14.6 Å². The number of benzene rings is 1. The third-order valence-corrected chi connectivity index (χ3v) is 2.84. The number of carbonyl (C=O) groups is 1. The summed E-state index contributed by atoms with van der Waals surface area (Å²) in [5.41, 5.74) is 0.873. The number of carboxylic acids is 1. The van der Waals surface area contributed by atoms with E-state index < -0.39 is 5.97 Å². The molecule has 2 rings (SSSR count). The lowest BCUT2D eigenvalue weighted by Crippen LogP contribution is -2.02. The molecule has 0 radical (unpaired) electrons. The molecular weight excluding hydrogens is 272 g/mol. The van der Waals surface area contributed by atoms with Crippen LogP contribution in [0, 0.1) is 0 Å². The Morgan fingerprint density at radius 1 is 1.29 bits per heavy atom. The van der Waals surface area contributed by atoms with Crippen molar-refractivity contribution in [3.63, 3.8) is 0 Å². The fourth-order valence-electron chi connectivity index (χ4n) is 1.83. The number of nitrogens with zero attached hydrogens (tertiary/aromatic N) is 2. The van der Waals surface area contributed by atoms with Gasteiger partial charge >= 0.3 is 5.97 Å². The summed E-state index contributed by atoms with van der Waals surface area (Å²) in [6.07, 6.45) is 3.18. The van der Waals surface area contributed by atoms with Crippen LogP contribution in [-0.2, 0) is 6.42 Å². The van der Waals surface area contributed by atoms with Crippen molar-refractivity contribution >= 4 is 5.97 Å². The second kappa shape index (κ2) is 6.69. The predicted molar refractivity (Wildman–Crippen MR) is 76.1 cm³/mol. The zero-order chi connectivity index (χ0) is 15.2. The van der Waals surface area contributed by atoms with E-state index in [0.717, 1.165) is 18.5 Å². The molecule has 0 fully saturated rings. The maximum atomic E-state index is 11.3. The molecule has 0 saturated heterocycles. The number of aromatic carboxylic acids is 1. The van der Waals surface area contributed by atoms with Gasteiger partial charge in [-0.05, 0) is 24.6 Å². The molecule has 1 aromatic carbocycles. The fraction of sp³-hybridized carbons (Fsp3) is 0.267. The van der Waals surface area contributed by atoms with Gasteiger partial charge in [0.15, 0.2) is 0 Å². The average Bonchev–Trinajstić information content (AvgIpc) is 2.48. The molecule has 1 N–H and O–H groups in total. The van der Waals surface area contributed by atoms with Crippen molar-refractivity contribution in [1.29, 1.82) is 0 Å². The van der Waals surface area contributed by atoms with Crippen LogP contribution in [0.5, 0.6) is 17.4 Å². The number of hydrogen-bond donors (Lipinski definition) is 1. The lowest BCUT2D eigenvalue weighted by atomic mass is 10.2. The smallest absolute Gasteiger partial charge is 0.339 e. The molecule has 0 aliphatic heterocycles. The Labute approximate surface area is 122 Å². The molecule has 0 aliphatic rings. The fourth-order valence-corrected chi connectivity index (χ4v) is 1.83. The van der Waals surface area contributed by atoms with Gasteiger partial charge in [-0.25, -0.2) is 14.8 Å². The van der Waals surface area contributed by atoms with Crippen LogP contribution in [0.2, 0.25) is 0 Å². The average molecular weight is 288 g/mol. The van der Waals surface area contributed by atoms with Crippen LogP contribution in [0.15, 0.2) is 30.6 Å². The number of carboxylic acid groups (broad SMARTS) is 1. The molecule has 21 heavy (non-hydrogen) atoms. The monoisotopic (exact) mass is 288 g/mol. The van der Waals surface area contributed by atoms with E-state index in [1.165, 1.54) is 19.5 Å². The van der Waals surface area contributed by atoms with E-state index in [4.69, 9.17) is 9.47 Å². The van der Waals surface area contributed by atoms with Crippen molar-refractivity contribution in [1.82, 2.24) is 9.97 Å². The van der Waals surface area contributed by atoms with Crippen molar-refractivity contribution in [3.05, 3.63) is 41.9 Å². The van der Waals surface area contributed by atoms with Gasteiger partial charge in [0.05, 0.1) is 7.11 Å². The van der Waals surface area contributed by atoms with Gasteiger partial charge in [-0.1, -0.05) is 13.3 Å². The highest BCUT2D eigenvalue weighted by Crippen LogP contribution is 2.28. The van der Waals surface area contributed by atoms with Crippen LogP contribution >= 0.6 is 0 Å². The number of aromatic nitrogens is 2. The summed E-state index contributed by atoms with van der Waals surface area (Å²) in [4.78, 5) is 19.4. The van der Waals surface area contributed by atoms with E-state index >= 15 is 0 Å². The first-order valence-corrected chi connectivity index (χ1v) is 6.54. The molecule has 6 nitrogen and oxygen atoms in total. The molecule has 1 aromatic heterocycles. The maximum absolute atomic E-state index is 11.3. The molecule has 0 atom stereocenters. The summed E-state index contributed by atoms with van der Waals surface area (Å²) < 4.78 is 10.6. The molecule has 0 aliphatic carbocycles. The molecule has 0 amide bonds. The van der Waals surface area contributed by atoms with Crippen molar-refractivity contribution < 1.29 is 19.4 Å². The molecule has 0 bridgehead atoms. The van der Waals surface area contributed by atoms with E-state index in [2.05, 4.69) is 16.9 Å². The molecule has 0 unspecified atom stereocenters. The minimum absolute atomic E-state index is 0.0185. The Balaban J connectivity index is 2.30. The number of rotatable bonds is 6. The molecule has 0 saturated carbocycles. The van der Waals surface area contributed by atoms with E-state index in [1.807, 2.05) is 0 Å². The highest BCUT2D eigenvalue weighted by molar-refractivity contribution is 5.91. The van der Waals surface area contributed by atoms with Crippen molar-refractivity contribution in [2.24, 2.45) is 0 Å². The lowest BCUT2D eigenvalue weighted by molar-refractivity contribution is 0.0693. The summed E-state index contributed by atoms with van der Waals surface area (Å²) in [5.74, 6) is -0.105. The van der Waals surface area contributed by atoms with Crippen LogP contribution in [-0.4, -0.2) is 28.2 Å². The van der Waals surface area contributed by atoms with Gasteiger partial charge in [-0.15, -0.1) is 0 Å². The van der Waals surface area contributed by atoms with E-state index in [0.29, 0.717) is 11.6 Å². The Morgan fingerprint density at radius 3 is 2.76 bits per heavy atom. The SMILES string of the molecule is CCCc1cc(Oc2ccc(OC)cc2C(=O)O)ncn1. The van der Waals surface area contributed by atoms with E-state index in [9.17, 15) is 9.90 Å². The Bertz CT molecular complexity index is 643. The summed E-state index contributed by atoms with van der Waals surface area (Å²) in [6.45, 7) is 2.05. The third kappa shape index (κ3) is 3.68.